The van der Waals surface area contributed by atoms with Gasteiger partial charge >= 0.3 is 0 Å². The third kappa shape index (κ3) is 4.36. The van der Waals surface area contributed by atoms with Crippen LogP contribution in [0.25, 0.3) is 5.57 Å². The predicted octanol–water partition coefficient (Wildman–Crippen LogP) is 2.91. The van der Waals surface area contributed by atoms with Crippen LogP contribution in [0.1, 0.15) is 25.3 Å². The number of carbonyl (C=O) groups excluding carboxylic acids is 3. The van der Waals surface area contributed by atoms with Gasteiger partial charge in [0.15, 0.2) is 0 Å². The summed E-state index contributed by atoms with van der Waals surface area (Å²) in [6, 6.07) is 9.08. The van der Waals surface area contributed by atoms with E-state index >= 15 is 0 Å². The fourth-order valence-corrected chi connectivity index (χ4v) is 4.29. The number of benzene rings is 2. The number of rotatable bonds is 5. The summed E-state index contributed by atoms with van der Waals surface area (Å²) in [5.74, 6) is -3.58. The first-order valence-electron chi connectivity index (χ1n) is 10.6. The van der Waals surface area contributed by atoms with Crippen molar-refractivity contribution in [2.45, 2.75) is 19.8 Å². The van der Waals surface area contributed by atoms with E-state index < -0.39 is 23.4 Å². The highest BCUT2D eigenvalue weighted by Crippen LogP contribution is 2.37. The number of aliphatic hydroxyl groups excluding tert-OH is 1. The number of hydrogen-bond donors (Lipinski definition) is 2. The molecule has 0 saturated carbocycles. The van der Waals surface area contributed by atoms with Gasteiger partial charge in [-0.25, -0.2) is 13.7 Å². The van der Waals surface area contributed by atoms with Crippen LogP contribution in [0.15, 0.2) is 48.2 Å². The largest absolute Gasteiger partial charge is 0.396 e. The van der Waals surface area contributed by atoms with Crippen LogP contribution in [0, 0.1) is 17.6 Å². The smallest absolute Gasteiger partial charge is 0.282 e. The Kier molecular flexibility index (Phi) is 6.24. The number of aliphatic hydroxyl groups is 1. The highest BCUT2D eigenvalue weighted by molar-refractivity contribution is 6.45. The second kappa shape index (κ2) is 9.11. The second-order valence-electron chi connectivity index (χ2n) is 8.16. The van der Waals surface area contributed by atoms with Gasteiger partial charge in [0.1, 0.15) is 17.3 Å². The molecule has 1 unspecified atom stereocenters. The van der Waals surface area contributed by atoms with Crippen molar-refractivity contribution in [2.24, 2.45) is 5.92 Å². The van der Waals surface area contributed by atoms with Crippen LogP contribution in [0.3, 0.4) is 0 Å². The SMILES string of the molecule is CC(=O)Nc1ccc(C2=C(N3CCCC(CO)C3)C(=O)N(c3ccc(F)cc3F)C2=O)cc1. The first-order chi connectivity index (χ1) is 15.8. The zero-order valence-electron chi connectivity index (χ0n) is 18.0. The van der Waals surface area contributed by atoms with E-state index in [2.05, 4.69) is 5.32 Å². The van der Waals surface area contributed by atoms with Crippen molar-refractivity contribution in [1.29, 1.82) is 0 Å². The zero-order chi connectivity index (χ0) is 23.7. The monoisotopic (exact) mass is 455 g/mol. The number of imide groups is 1. The lowest BCUT2D eigenvalue weighted by molar-refractivity contribution is -0.121. The van der Waals surface area contributed by atoms with Gasteiger partial charge in [-0.15, -0.1) is 0 Å². The normalized spacial score (nSPS) is 18.8. The van der Waals surface area contributed by atoms with Crippen LogP contribution in [-0.4, -0.2) is 47.4 Å². The van der Waals surface area contributed by atoms with Gasteiger partial charge in [-0.2, -0.15) is 0 Å². The summed E-state index contributed by atoms with van der Waals surface area (Å²) in [7, 11) is 0. The lowest BCUT2D eigenvalue weighted by Crippen LogP contribution is -2.40. The molecule has 4 rings (SSSR count). The second-order valence-corrected chi connectivity index (χ2v) is 8.16. The van der Waals surface area contributed by atoms with E-state index in [0.717, 1.165) is 29.9 Å². The lowest BCUT2D eigenvalue weighted by Gasteiger charge is -2.34. The summed E-state index contributed by atoms with van der Waals surface area (Å²) in [6.07, 6.45) is 1.51. The zero-order valence-corrected chi connectivity index (χ0v) is 18.0. The summed E-state index contributed by atoms with van der Waals surface area (Å²) in [5, 5.41) is 12.3. The van der Waals surface area contributed by atoms with Gasteiger partial charge in [0.25, 0.3) is 11.8 Å². The molecule has 7 nitrogen and oxygen atoms in total. The molecule has 33 heavy (non-hydrogen) atoms. The summed E-state index contributed by atoms with van der Waals surface area (Å²) in [4.78, 5) is 40.7. The molecular formula is C24H23F2N3O4. The van der Waals surface area contributed by atoms with Crippen molar-refractivity contribution in [3.63, 3.8) is 0 Å². The number of likely N-dealkylation sites (tertiary alicyclic amines) is 1. The van der Waals surface area contributed by atoms with Gasteiger partial charge in [0, 0.05) is 38.4 Å². The van der Waals surface area contributed by atoms with E-state index in [4.69, 9.17) is 0 Å². The summed E-state index contributed by atoms with van der Waals surface area (Å²) >= 11 is 0. The molecule has 1 fully saturated rings. The Morgan fingerprint density at radius 2 is 1.85 bits per heavy atom. The quantitative estimate of drug-likeness (QED) is 0.677. The van der Waals surface area contributed by atoms with Gasteiger partial charge < -0.3 is 15.3 Å². The molecule has 0 aromatic heterocycles. The first-order valence-corrected chi connectivity index (χ1v) is 10.6. The summed E-state index contributed by atoms with van der Waals surface area (Å²) < 4.78 is 28.0. The number of amides is 3. The molecule has 1 saturated heterocycles. The van der Waals surface area contributed by atoms with Gasteiger partial charge in [-0.1, -0.05) is 12.1 Å². The number of piperidine rings is 1. The van der Waals surface area contributed by atoms with Gasteiger partial charge in [0.05, 0.1) is 11.3 Å². The minimum absolute atomic E-state index is 0.0526. The number of anilines is 2. The Hall–Kier alpha value is -3.59. The topological polar surface area (TPSA) is 90.0 Å². The summed E-state index contributed by atoms with van der Waals surface area (Å²) in [5.41, 5.74) is 0.828. The molecule has 9 heteroatoms. The van der Waals surface area contributed by atoms with Crippen LogP contribution in [-0.2, 0) is 14.4 Å². The van der Waals surface area contributed by atoms with Crippen LogP contribution < -0.4 is 10.2 Å². The number of halogens is 2. The van der Waals surface area contributed by atoms with Crippen molar-refractivity contribution < 1.29 is 28.3 Å². The average molecular weight is 455 g/mol. The lowest BCUT2D eigenvalue weighted by atomic mass is 9.97. The van der Waals surface area contributed by atoms with Crippen molar-refractivity contribution >= 4 is 34.7 Å². The number of nitrogens with one attached hydrogen (secondary N) is 1. The van der Waals surface area contributed by atoms with Crippen molar-refractivity contribution in [3.8, 4) is 0 Å². The van der Waals surface area contributed by atoms with Crippen molar-refractivity contribution in [1.82, 2.24) is 4.90 Å². The fraction of sp³-hybridized carbons (Fsp3) is 0.292. The average Bonchev–Trinajstić information content (AvgIpc) is 3.04. The Bertz CT molecular complexity index is 1150. The molecule has 0 aliphatic carbocycles. The molecular weight excluding hydrogens is 432 g/mol. The molecule has 1 atom stereocenters. The van der Waals surface area contributed by atoms with E-state index in [1.165, 1.54) is 6.92 Å². The van der Waals surface area contributed by atoms with E-state index in [-0.39, 0.29) is 35.4 Å². The first kappa shape index (κ1) is 22.6. The molecule has 0 spiro atoms. The van der Waals surface area contributed by atoms with Crippen LogP contribution in [0.4, 0.5) is 20.2 Å². The molecule has 2 aromatic rings. The highest BCUT2D eigenvalue weighted by atomic mass is 19.1. The van der Waals surface area contributed by atoms with Gasteiger partial charge in [0.2, 0.25) is 5.91 Å². The predicted molar refractivity (Wildman–Crippen MR) is 118 cm³/mol. The number of nitrogens with zero attached hydrogens (tertiary/aromatic N) is 2. The molecule has 2 aromatic carbocycles. The Morgan fingerprint density at radius 1 is 1.12 bits per heavy atom. The third-order valence-corrected chi connectivity index (χ3v) is 5.80. The van der Waals surface area contributed by atoms with Crippen LogP contribution >= 0.6 is 0 Å². The fourth-order valence-electron chi connectivity index (χ4n) is 4.29. The minimum Gasteiger partial charge on any atom is -0.396 e. The molecule has 2 N–H and O–H groups in total. The molecule has 3 amide bonds. The molecule has 172 valence electrons. The Labute approximate surface area is 189 Å². The standard InChI is InChI=1S/C24H23F2N3O4/c1-14(31)27-18-7-4-16(5-8-18)21-22(28-10-2-3-15(12-28)13-30)24(33)29(23(21)32)20-9-6-17(25)11-19(20)26/h4-9,11,15,30H,2-3,10,12-13H2,1H3,(H,27,31). The Morgan fingerprint density at radius 3 is 2.48 bits per heavy atom. The minimum atomic E-state index is -1.02. The molecule has 2 heterocycles. The Balaban J connectivity index is 1.80. The van der Waals surface area contributed by atoms with Crippen molar-refractivity contribution in [3.05, 3.63) is 65.4 Å². The number of carbonyl (C=O) groups is 3. The maximum absolute atomic E-state index is 14.5. The van der Waals surface area contributed by atoms with E-state index in [1.807, 2.05) is 0 Å². The van der Waals surface area contributed by atoms with Crippen LogP contribution in [0.5, 0.6) is 0 Å². The van der Waals surface area contributed by atoms with E-state index in [1.54, 1.807) is 29.2 Å². The summed E-state index contributed by atoms with van der Waals surface area (Å²) in [6.45, 7) is 2.19. The maximum Gasteiger partial charge on any atom is 0.282 e. The number of hydrogen-bond acceptors (Lipinski definition) is 5. The van der Waals surface area contributed by atoms with Gasteiger partial charge in [-0.3, -0.25) is 14.4 Å². The molecule has 0 radical (unpaired) electrons. The van der Waals surface area contributed by atoms with Gasteiger partial charge in [-0.05, 0) is 48.6 Å². The van der Waals surface area contributed by atoms with Crippen LogP contribution in [0.2, 0.25) is 0 Å². The van der Waals surface area contributed by atoms with E-state index in [9.17, 15) is 28.3 Å². The molecule has 2 aliphatic rings. The van der Waals surface area contributed by atoms with E-state index in [0.29, 0.717) is 30.4 Å². The third-order valence-electron chi connectivity index (χ3n) is 5.80. The highest BCUT2D eigenvalue weighted by Gasteiger charge is 2.44. The molecule has 2 aliphatic heterocycles. The molecule has 0 bridgehead atoms. The maximum atomic E-state index is 14.5. The van der Waals surface area contributed by atoms with Crippen molar-refractivity contribution in [2.75, 3.05) is 29.9 Å².